The molecule has 2 heterocycles. The van der Waals surface area contributed by atoms with Gasteiger partial charge in [0.15, 0.2) is 5.16 Å². The van der Waals surface area contributed by atoms with E-state index in [1.807, 2.05) is 0 Å². The summed E-state index contributed by atoms with van der Waals surface area (Å²) in [6.45, 7) is 2.29. The van der Waals surface area contributed by atoms with Gasteiger partial charge in [0, 0.05) is 5.75 Å². The van der Waals surface area contributed by atoms with Crippen LogP contribution in [-0.2, 0) is 6.54 Å². The average Bonchev–Trinajstić information content (AvgIpc) is 2.94. The summed E-state index contributed by atoms with van der Waals surface area (Å²) in [5.74, 6) is 0.771. The molecule has 0 amide bonds. The maximum atomic E-state index is 12.3. The molecule has 108 valence electrons. The molecule has 19 heavy (non-hydrogen) atoms. The first-order chi connectivity index (χ1) is 9.04. The summed E-state index contributed by atoms with van der Waals surface area (Å²) in [7, 11) is 0. The van der Waals surface area contributed by atoms with Crippen molar-refractivity contribution in [2.75, 3.05) is 25.4 Å². The standard InChI is InChI=1S/C11H17F3N4S/c12-11(13,14)8-18-9-15-16-10(18)19-7-3-6-17-4-1-2-5-17/h9H,1-8H2. The highest BCUT2D eigenvalue weighted by Gasteiger charge is 2.29. The molecule has 1 aromatic rings. The zero-order valence-electron chi connectivity index (χ0n) is 10.6. The van der Waals surface area contributed by atoms with Crippen molar-refractivity contribution in [1.29, 1.82) is 0 Å². The Balaban J connectivity index is 1.72. The lowest BCUT2D eigenvalue weighted by molar-refractivity contribution is -0.142. The van der Waals surface area contributed by atoms with E-state index in [-0.39, 0.29) is 0 Å². The van der Waals surface area contributed by atoms with Crippen LogP contribution in [0.25, 0.3) is 0 Å². The van der Waals surface area contributed by atoms with Crippen molar-refractivity contribution in [2.24, 2.45) is 0 Å². The van der Waals surface area contributed by atoms with E-state index in [0.717, 1.165) is 42.7 Å². The Morgan fingerprint density at radius 1 is 1.26 bits per heavy atom. The van der Waals surface area contributed by atoms with Crippen molar-refractivity contribution in [3.8, 4) is 0 Å². The number of hydrogen-bond acceptors (Lipinski definition) is 4. The molecule has 8 heteroatoms. The first-order valence-electron chi connectivity index (χ1n) is 6.34. The van der Waals surface area contributed by atoms with Gasteiger partial charge in [-0.15, -0.1) is 10.2 Å². The number of nitrogens with zero attached hydrogens (tertiary/aromatic N) is 4. The molecule has 0 N–H and O–H groups in total. The molecule has 0 saturated carbocycles. The smallest absolute Gasteiger partial charge is 0.303 e. The summed E-state index contributed by atoms with van der Waals surface area (Å²) < 4.78 is 38.0. The second-order valence-electron chi connectivity index (χ2n) is 4.61. The monoisotopic (exact) mass is 294 g/mol. The summed E-state index contributed by atoms with van der Waals surface area (Å²) in [4.78, 5) is 2.39. The zero-order chi connectivity index (χ0) is 13.7. The van der Waals surface area contributed by atoms with Gasteiger partial charge in [0.1, 0.15) is 12.9 Å². The van der Waals surface area contributed by atoms with Crippen molar-refractivity contribution >= 4 is 11.8 Å². The number of aromatic nitrogens is 3. The lowest BCUT2D eigenvalue weighted by Crippen LogP contribution is -2.21. The van der Waals surface area contributed by atoms with E-state index in [4.69, 9.17) is 0 Å². The third-order valence-corrected chi connectivity index (χ3v) is 4.05. The summed E-state index contributed by atoms with van der Waals surface area (Å²) in [6.07, 6.45) is 0.382. The molecule has 1 saturated heterocycles. The zero-order valence-corrected chi connectivity index (χ0v) is 11.4. The molecule has 0 unspecified atom stereocenters. The van der Waals surface area contributed by atoms with Gasteiger partial charge in [-0.25, -0.2) is 0 Å². The van der Waals surface area contributed by atoms with Crippen molar-refractivity contribution in [3.63, 3.8) is 0 Å². The number of thioether (sulfide) groups is 1. The third-order valence-electron chi connectivity index (χ3n) is 2.98. The third kappa shape index (κ3) is 5.02. The van der Waals surface area contributed by atoms with Crippen molar-refractivity contribution in [1.82, 2.24) is 19.7 Å². The van der Waals surface area contributed by atoms with Gasteiger partial charge >= 0.3 is 6.18 Å². The van der Waals surface area contributed by atoms with Crippen LogP contribution in [-0.4, -0.2) is 51.2 Å². The Kier molecular flexibility index (Phi) is 5.09. The predicted molar refractivity (Wildman–Crippen MR) is 67.1 cm³/mol. The highest BCUT2D eigenvalue weighted by atomic mass is 32.2. The van der Waals surface area contributed by atoms with Gasteiger partial charge < -0.3 is 4.90 Å². The van der Waals surface area contributed by atoms with Crippen LogP contribution in [0.1, 0.15) is 19.3 Å². The highest BCUT2D eigenvalue weighted by molar-refractivity contribution is 7.99. The first-order valence-corrected chi connectivity index (χ1v) is 7.33. The molecule has 2 rings (SSSR count). The van der Waals surface area contributed by atoms with E-state index < -0.39 is 12.7 Å². The van der Waals surface area contributed by atoms with Crippen LogP contribution in [0, 0.1) is 0 Å². The second kappa shape index (κ2) is 6.60. The molecular formula is C11H17F3N4S. The summed E-state index contributed by atoms with van der Waals surface area (Å²) in [5, 5.41) is 7.62. The Hall–Kier alpha value is -0.760. The van der Waals surface area contributed by atoms with E-state index in [9.17, 15) is 13.2 Å². The normalized spacial score (nSPS) is 17.2. The minimum absolute atomic E-state index is 0.346. The molecule has 1 aliphatic rings. The average molecular weight is 294 g/mol. The van der Waals surface area contributed by atoms with Gasteiger partial charge in [-0.2, -0.15) is 13.2 Å². The van der Waals surface area contributed by atoms with E-state index in [1.165, 1.54) is 24.6 Å². The number of rotatable bonds is 6. The fraction of sp³-hybridized carbons (Fsp3) is 0.818. The minimum atomic E-state index is -4.23. The van der Waals surface area contributed by atoms with E-state index in [1.54, 1.807) is 0 Å². The predicted octanol–water partition coefficient (Wildman–Crippen LogP) is 2.42. The maximum Gasteiger partial charge on any atom is 0.406 e. The van der Waals surface area contributed by atoms with Gasteiger partial charge in [-0.1, -0.05) is 11.8 Å². The van der Waals surface area contributed by atoms with E-state index in [0.29, 0.717) is 5.16 Å². The highest BCUT2D eigenvalue weighted by Crippen LogP contribution is 2.22. The Bertz CT molecular complexity index is 388. The van der Waals surface area contributed by atoms with Crippen LogP contribution in [0.3, 0.4) is 0 Å². The molecule has 1 fully saturated rings. The van der Waals surface area contributed by atoms with Crippen LogP contribution in [0.4, 0.5) is 13.2 Å². The molecule has 0 atom stereocenters. The summed E-state index contributed by atoms with van der Waals surface area (Å²) in [6, 6.07) is 0. The number of alkyl halides is 3. The summed E-state index contributed by atoms with van der Waals surface area (Å²) >= 11 is 1.34. The topological polar surface area (TPSA) is 34.0 Å². The van der Waals surface area contributed by atoms with Crippen LogP contribution >= 0.6 is 11.8 Å². The fourth-order valence-electron chi connectivity index (χ4n) is 2.12. The lowest BCUT2D eigenvalue weighted by Gasteiger charge is -2.13. The van der Waals surface area contributed by atoms with Crippen LogP contribution in [0.2, 0.25) is 0 Å². The minimum Gasteiger partial charge on any atom is -0.303 e. The molecule has 0 aromatic carbocycles. The number of likely N-dealkylation sites (tertiary alicyclic amines) is 1. The quantitative estimate of drug-likeness (QED) is 0.596. The number of halogens is 3. The largest absolute Gasteiger partial charge is 0.406 e. The number of hydrogen-bond donors (Lipinski definition) is 0. The van der Waals surface area contributed by atoms with Gasteiger partial charge in [-0.3, -0.25) is 4.57 Å². The lowest BCUT2D eigenvalue weighted by atomic mass is 10.4. The molecule has 1 aromatic heterocycles. The van der Waals surface area contributed by atoms with Gasteiger partial charge in [-0.05, 0) is 38.9 Å². The maximum absolute atomic E-state index is 12.3. The van der Waals surface area contributed by atoms with E-state index in [2.05, 4.69) is 15.1 Å². The van der Waals surface area contributed by atoms with Gasteiger partial charge in [0.25, 0.3) is 0 Å². The fourth-order valence-corrected chi connectivity index (χ4v) is 2.95. The molecule has 0 radical (unpaired) electrons. The van der Waals surface area contributed by atoms with Crippen LogP contribution < -0.4 is 0 Å². The second-order valence-corrected chi connectivity index (χ2v) is 5.67. The molecule has 4 nitrogen and oxygen atoms in total. The molecule has 1 aliphatic heterocycles. The van der Waals surface area contributed by atoms with Crippen LogP contribution in [0.15, 0.2) is 11.5 Å². The Labute approximate surface area is 114 Å². The molecule has 0 aliphatic carbocycles. The SMILES string of the molecule is FC(F)(F)Cn1cnnc1SCCCN1CCCC1. The summed E-state index contributed by atoms with van der Waals surface area (Å²) in [5.41, 5.74) is 0. The Morgan fingerprint density at radius 3 is 2.68 bits per heavy atom. The molecule has 0 bridgehead atoms. The van der Waals surface area contributed by atoms with Crippen molar-refractivity contribution in [3.05, 3.63) is 6.33 Å². The van der Waals surface area contributed by atoms with Gasteiger partial charge in [0.05, 0.1) is 0 Å². The molecule has 0 spiro atoms. The molecular weight excluding hydrogens is 277 g/mol. The van der Waals surface area contributed by atoms with E-state index >= 15 is 0 Å². The first kappa shape index (κ1) is 14.6. The van der Waals surface area contributed by atoms with Crippen LogP contribution in [0.5, 0.6) is 0 Å². The van der Waals surface area contributed by atoms with Crippen molar-refractivity contribution < 1.29 is 13.2 Å². The van der Waals surface area contributed by atoms with Crippen molar-refractivity contribution in [2.45, 2.75) is 37.1 Å². The van der Waals surface area contributed by atoms with Gasteiger partial charge in [0.2, 0.25) is 0 Å². The Morgan fingerprint density at radius 2 is 2.00 bits per heavy atom.